The van der Waals surface area contributed by atoms with Gasteiger partial charge in [0.1, 0.15) is 12.6 Å². The summed E-state index contributed by atoms with van der Waals surface area (Å²) in [6.45, 7) is 6.66. The second kappa shape index (κ2) is 16.0. The van der Waals surface area contributed by atoms with Gasteiger partial charge in [-0.15, -0.1) is 0 Å². The Morgan fingerprint density at radius 1 is 0.851 bits per heavy atom. The molecular formula is C36H38Cl3N3O4S. The molecule has 0 unspecified atom stereocenters. The number of sulfonamides is 1. The maximum atomic E-state index is 14.7. The van der Waals surface area contributed by atoms with Crippen molar-refractivity contribution in [2.24, 2.45) is 0 Å². The monoisotopic (exact) mass is 713 g/mol. The van der Waals surface area contributed by atoms with Crippen molar-refractivity contribution in [2.75, 3.05) is 10.8 Å². The van der Waals surface area contributed by atoms with Crippen molar-refractivity contribution in [1.29, 1.82) is 0 Å². The van der Waals surface area contributed by atoms with Crippen molar-refractivity contribution in [2.45, 2.75) is 64.1 Å². The van der Waals surface area contributed by atoms with Gasteiger partial charge in [-0.1, -0.05) is 102 Å². The summed E-state index contributed by atoms with van der Waals surface area (Å²) >= 11 is 19.5. The number of amides is 2. The summed E-state index contributed by atoms with van der Waals surface area (Å²) in [7, 11) is -4.28. The van der Waals surface area contributed by atoms with Crippen molar-refractivity contribution >= 4 is 62.3 Å². The van der Waals surface area contributed by atoms with Gasteiger partial charge >= 0.3 is 0 Å². The van der Waals surface area contributed by atoms with Crippen LogP contribution in [0, 0.1) is 13.8 Å². The predicted octanol–water partition coefficient (Wildman–Crippen LogP) is 8.01. The van der Waals surface area contributed by atoms with E-state index in [1.54, 1.807) is 49.4 Å². The molecule has 7 nitrogen and oxygen atoms in total. The summed E-state index contributed by atoms with van der Waals surface area (Å²) < 4.78 is 29.7. The van der Waals surface area contributed by atoms with Crippen LogP contribution in [0.15, 0.2) is 95.9 Å². The van der Waals surface area contributed by atoms with Crippen LogP contribution < -0.4 is 9.62 Å². The van der Waals surface area contributed by atoms with Crippen molar-refractivity contribution in [3.05, 3.63) is 128 Å². The number of anilines is 1. The number of halogens is 3. The molecular weight excluding hydrogens is 677 g/mol. The minimum atomic E-state index is -4.28. The summed E-state index contributed by atoms with van der Waals surface area (Å²) in [5.74, 6) is -1.01. The third-order valence-electron chi connectivity index (χ3n) is 7.99. The number of carbonyl (C=O) groups is 2. The Balaban J connectivity index is 1.87. The second-order valence-corrected chi connectivity index (χ2v) is 14.6. The van der Waals surface area contributed by atoms with E-state index in [1.807, 2.05) is 51.1 Å². The van der Waals surface area contributed by atoms with Crippen molar-refractivity contribution < 1.29 is 18.0 Å². The molecule has 0 aliphatic heterocycles. The van der Waals surface area contributed by atoms with Crippen LogP contribution in [0.25, 0.3) is 0 Å². The first-order valence-electron chi connectivity index (χ1n) is 15.2. The average molecular weight is 715 g/mol. The number of aryl methyl sites for hydroxylation is 2. The van der Waals surface area contributed by atoms with E-state index in [9.17, 15) is 18.0 Å². The SMILES string of the molecule is CC[C@H](C)NC(=O)[C@@H](Cc1ccccc1)N(Cc1c(Cl)cccc1Cl)C(=O)CN(c1cc(Cl)ccc1C)S(=O)(=O)c1ccc(C)cc1. The average Bonchev–Trinajstić information content (AvgIpc) is 3.04. The van der Waals surface area contributed by atoms with E-state index in [0.717, 1.165) is 15.4 Å². The highest BCUT2D eigenvalue weighted by atomic mass is 35.5. The molecule has 2 atom stereocenters. The normalized spacial score (nSPS) is 12.7. The van der Waals surface area contributed by atoms with Gasteiger partial charge in [-0.3, -0.25) is 13.9 Å². The molecule has 4 aromatic rings. The van der Waals surface area contributed by atoms with Gasteiger partial charge in [-0.25, -0.2) is 8.42 Å². The maximum Gasteiger partial charge on any atom is 0.264 e. The molecule has 0 saturated carbocycles. The molecule has 0 heterocycles. The van der Waals surface area contributed by atoms with Gasteiger partial charge in [0.15, 0.2) is 0 Å². The molecule has 0 saturated heterocycles. The summed E-state index contributed by atoms with van der Waals surface area (Å²) in [6.07, 6.45) is 0.836. The smallest absolute Gasteiger partial charge is 0.264 e. The highest BCUT2D eigenvalue weighted by Gasteiger charge is 2.36. The predicted molar refractivity (Wildman–Crippen MR) is 191 cm³/mol. The van der Waals surface area contributed by atoms with Crippen molar-refractivity contribution in [3.63, 3.8) is 0 Å². The first-order valence-corrected chi connectivity index (χ1v) is 17.8. The zero-order valence-corrected chi connectivity index (χ0v) is 29.8. The maximum absolute atomic E-state index is 14.7. The standard InChI is InChI=1S/C36H38Cl3N3O4S/c1-5-26(4)40-36(44)34(20-27-10-7-6-8-11-27)41(22-30-31(38)12-9-13-32(30)39)35(43)23-42(33-21-28(37)17-16-25(33)3)47(45,46)29-18-14-24(2)15-19-29/h6-19,21,26,34H,5,20,22-23H2,1-4H3,(H,40,44)/t26-,34+/m0/s1. The van der Waals surface area contributed by atoms with Gasteiger partial charge in [-0.05, 0) is 74.7 Å². The van der Waals surface area contributed by atoms with E-state index in [-0.39, 0.29) is 35.5 Å². The van der Waals surface area contributed by atoms with Crippen molar-refractivity contribution in [1.82, 2.24) is 10.2 Å². The fourth-order valence-electron chi connectivity index (χ4n) is 5.05. The molecule has 1 N–H and O–H groups in total. The highest BCUT2D eigenvalue weighted by Crippen LogP contribution is 2.31. The van der Waals surface area contributed by atoms with Crippen LogP contribution in [0.1, 0.15) is 42.5 Å². The second-order valence-electron chi connectivity index (χ2n) is 11.5. The van der Waals surface area contributed by atoms with E-state index < -0.39 is 28.5 Å². The molecule has 0 aromatic heterocycles. The Bertz CT molecular complexity index is 1800. The Morgan fingerprint density at radius 2 is 1.49 bits per heavy atom. The highest BCUT2D eigenvalue weighted by molar-refractivity contribution is 7.92. The number of rotatable bonds is 13. The molecule has 47 heavy (non-hydrogen) atoms. The minimum absolute atomic E-state index is 0.00585. The first-order chi connectivity index (χ1) is 22.3. The van der Waals surface area contributed by atoms with Crippen LogP contribution in [0.3, 0.4) is 0 Å². The molecule has 0 fully saturated rings. The largest absolute Gasteiger partial charge is 0.352 e. The summed E-state index contributed by atoms with van der Waals surface area (Å²) in [5.41, 5.74) is 2.96. The van der Waals surface area contributed by atoms with E-state index in [1.165, 1.54) is 23.1 Å². The molecule has 248 valence electrons. The molecule has 4 rings (SSSR count). The van der Waals surface area contributed by atoms with Crippen LogP contribution in [-0.4, -0.2) is 43.8 Å². The van der Waals surface area contributed by atoms with Crippen LogP contribution in [-0.2, 0) is 32.6 Å². The number of nitrogens with zero attached hydrogens (tertiary/aromatic N) is 2. The van der Waals surface area contributed by atoms with Crippen LogP contribution in [0.5, 0.6) is 0 Å². The fraction of sp³-hybridized carbons (Fsp3) is 0.278. The van der Waals surface area contributed by atoms with Gasteiger partial charge in [0.05, 0.1) is 10.6 Å². The molecule has 0 bridgehead atoms. The van der Waals surface area contributed by atoms with E-state index in [0.29, 0.717) is 32.6 Å². The molecule has 0 radical (unpaired) electrons. The third kappa shape index (κ3) is 9.08. The Hall–Kier alpha value is -3.56. The van der Waals surface area contributed by atoms with E-state index in [2.05, 4.69) is 5.32 Å². The van der Waals surface area contributed by atoms with Gasteiger partial charge < -0.3 is 10.2 Å². The number of benzene rings is 4. The lowest BCUT2D eigenvalue weighted by Crippen LogP contribution is -2.54. The molecule has 2 amide bonds. The number of nitrogens with one attached hydrogen (secondary N) is 1. The van der Waals surface area contributed by atoms with E-state index in [4.69, 9.17) is 34.8 Å². The van der Waals surface area contributed by atoms with Gasteiger partial charge in [-0.2, -0.15) is 0 Å². The van der Waals surface area contributed by atoms with Crippen molar-refractivity contribution in [3.8, 4) is 0 Å². The number of hydrogen-bond acceptors (Lipinski definition) is 4. The topological polar surface area (TPSA) is 86.8 Å². The molecule has 0 aliphatic carbocycles. The van der Waals surface area contributed by atoms with Gasteiger partial charge in [0, 0.05) is 39.6 Å². The van der Waals surface area contributed by atoms with E-state index >= 15 is 0 Å². The quantitative estimate of drug-likeness (QED) is 0.152. The zero-order valence-electron chi connectivity index (χ0n) is 26.7. The molecule has 0 aliphatic rings. The summed E-state index contributed by atoms with van der Waals surface area (Å²) in [5, 5.41) is 3.94. The lowest BCUT2D eigenvalue weighted by molar-refractivity contribution is -0.140. The molecule has 11 heteroatoms. The molecule has 0 spiro atoms. The Kier molecular flexibility index (Phi) is 12.4. The third-order valence-corrected chi connectivity index (χ3v) is 10.7. The first kappa shape index (κ1) is 36.3. The lowest BCUT2D eigenvalue weighted by atomic mass is 10.0. The van der Waals surface area contributed by atoms with Crippen LogP contribution >= 0.6 is 34.8 Å². The summed E-state index contributed by atoms with van der Waals surface area (Å²) in [6, 6.07) is 24.4. The van der Waals surface area contributed by atoms with Gasteiger partial charge in [0.2, 0.25) is 11.8 Å². The lowest BCUT2D eigenvalue weighted by Gasteiger charge is -2.35. The Labute approximate surface area is 292 Å². The zero-order chi connectivity index (χ0) is 34.3. The van der Waals surface area contributed by atoms with Crippen LogP contribution in [0.4, 0.5) is 5.69 Å². The fourth-order valence-corrected chi connectivity index (χ4v) is 7.20. The van der Waals surface area contributed by atoms with Crippen LogP contribution in [0.2, 0.25) is 15.1 Å². The number of carbonyl (C=O) groups excluding carboxylic acids is 2. The number of hydrogen-bond donors (Lipinski definition) is 1. The molecule has 4 aromatic carbocycles. The summed E-state index contributed by atoms with van der Waals surface area (Å²) in [4.78, 5) is 30.1. The van der Waals surface area contributed by atoms with Gasteiger partial charge in [0.25, 0.3) is 10.0 Å². The Morgan fingerprint density at radius 3 is 2.11 bits per heavy atom. The minimum Gasteiger partial charge on any atom is -0.352 e.